The number of primary amides is 1. The summed E-state index contributed by atoms with van der Waals surface area (Å²) in [6.45, 7) is 4.01. The van der Waals surface area contributed by atoms with E-state index in [0.717, 1.165) is 11.3 Å². The first kappa shape index (κ1) is 16.5. The number of carbonyl (C=O) groups excluding carboxylic acids is 2. The summed E-state index contributed by atoms with van der Waals surface area (Å²) < 4.78 is 1.74. The van der Waals surface area contributed by atoms with Crippen LogP contribution < -0.4 is 16.4 Å². The predicted octanol–water partition coefficient (Wildman–Crippen LogP) is 1.18. The zero-order valence-electron chi connectivity index (χ0n) is 13.2. The van der Waals surface area contributed by atoms with E-state index in [1.165, 1.54) is 0 Å². The molecular formula is C16H21N5O2. The van der Waals surface area contributed by atoms with Crippen molar-refractivity contribution in [2.24, 2.45) is 11.7 Å². The Balaban J connectivity index is 1.96. The molecule has 1 aromatic carbocycles. The number of hydrogen-bond acceptors (Lipinski definition) is 3. The minimum absolute atomic E-state index is 0.0606. The van der Waals surface area contributed by atoms with Crippen molar-refractivity contribution in [3.8, 4) is 5.69 Å². The lowest BCUT2D eigenvalue weighted by molar-refractivity contribution is -0.124. The van der Waals surface area contributed by atoms with Crippen molar-refractivity contribution in [2.75, 3.05) is 0 Å². The number of nitrogens with two attached hydrogens (primary N) is 1. The molecule has 4 N–H and O–H groups in total. The first-order valence-electron chi connectivity index (χ1n) is 7.40. The van der Waals surface area contributed by atoms with Gasteiger partial charge < -0.3 is 16.4 Å². The molecule has 2 aromatic rings. The minimum atomic E-state index is -0.712. The van der Waals surface area contributed by atoms with Crippen LogP contribution in [0.4, 0.5) is 4.79 Å². The van der Waals surface area contributed by atoms with Crippen LogP contribution in [0, 0.1) is 5.92 Å². The van der Waals surface area contributed by atoms with Gasteiger partial charge in [-0.2, -0.15) is 5.10 Å². The molecule has 1 aromatic heterocycles. The van der Waals surface area contributed by atoms with Crippen LogP contribution in [0.3, 0.4) is 0 Å². The predicted molar refractivity (Wildman–Crippen MR) is 86.8 cm³/mol. The van der Waals surface area contributed by atoms with Crippen molar-refractivity contribution in [2.45, 2.75) is 26.4 Å². The number of rotatable bonds is 6. The Bertz CT molecular complexity index is 666. The van der Waals surface area contributed by atoms with E-state index < -0.39 is 12.1 Å². The van der Waals surface area contributed by atoms with Crippen LogP contribution >= 0.6 is 0 Å². The van der Waals surface area contributed by atoms with Gasteiger partial charge in [0.2, 0.25) is 5.91 Å². The Morgan fingerprint density at radius 1 is 1.26 bits per heavy atom. The Labute approximate surface area is 134 Å². The Morgan fingerprint density at radius 3 is 2.57 bits per heavy atom. The number of urea groups is 1. The van der Waals surface area contributed by atoms with Gasteiger partial charge in [-0.25, -0.2) is 9.48 Å². The van der Waals surface area contributed by atoms with Crippen molar-refractivity contribution >= 4 is 11.9 Å². The molecular weight excluding hydrogens is 294 g/mol. The summed E-state index contributed by atoms with van der Waals surface area (Å²) in [6, 6.07) is 8.32. The fraction of sp³-hybridized carbons (Fsp3) is 0.312. The topological polar surface area (TPSA) is 102 Å². The first-order valence-corrected chi connectivity index (χ1v) is 7.40. The molecule has 0 bridgehead atoms. The van der Waals surface area contributed by atoms with E-state index in [2.05, 4.69) is 15.7 Å². The van der Waals surface area contributed by atoms with Crippen molar-refractivity contribution < 1.29 is 9.59 Å². The maximum absolute atomic E-state index is 12.2. The summed E-state index contributed by atoms with van der Waals surface area (Å²) >= 11 is 0. The maximum atomic E-state index is 12.2. The monoisotopic (exact) mass is 315 g/mol. The van der Waals surface area contributed by atoms with Gasteiger partial charge in [0.1, 0.15) is 6.04 Å². The SMILES string of the molecule is CC(C)[C@@H](NC(N)=O)C(=O)NCc1cnn(-c2ccccc2)c1. The summed E-state index contributed by atoms with van der Waals surface area (Å²) in [5.41, 5.74) is 6.91. The first-order chi connectivity index (χ1) is 11.0. The quantitative estimate of drug-likeness (QED) is 0.746. The third kappa shape index (κ3) is 4.57. The van der Waals surface area contributed by atoms with Gasteiger partial charge in [0.25, 0.3) is 0 Å². The van der Waals surface area contributed by atoms with Crippen molar-refractivity contribution in [1.29, 1.82) is 0 Å². The minimum Gasteiger partial charge on any atom is -0.352 e. The molecule has 0 fully saturated rings. The smallest absolute Gasteiger partial charge is 0.312 e. The highest BCUT2D eigenvalue weighted by Crippen LogP contribution is 2.08. The lowest BCUT2D eigenvalue weighted by Crippen LogP contribution is -2.51. The standard InChI is InChI=1S/C16H21N5O2/c1-11(2)14(20-16(17)23)15(22)18-8-12-9-19-21(10-12)13-6-4-3-5-7-13/h3-7,9-11,14H,8H2,1-2H3,(H,18,22)(H3,17,20,23)/t14-/m1/s1. The third-order valence-corrected chi connectivity index (χ3v) is 3.37. The van der Waals surface area contributed by atoms with Crippen LogP contribution in [-0.4, -0.2) is 27.8 Å². The van der Waals surface area contributed by atoms with Gasteiger partial charge >= 0.3 is 6.03 Å². The van der Waals surface area contributed by atoms with Crippen molar-refractivity contribution in [1.82, 2.24) is 20.4 Å². The molecule has 0 aliphatic rings. The number of nitrogens with zero attached hydrogens (tertiary/aromatic N) is 2. The number of hydrogen-bond donors (Lipinski definition) is 3. The number of nitrogens with one attached hydrogen (secondary N) is 2. The number of carbonyl (C=O) groups is 2. The molecule has 0 saturated heterocycles. The number of amides is 3. The van der Waals surface area contributed by atoms with Crippen LogP contribution in [0.25, 0.3) is 5.69 Å². The third-order valence-electron chi connectivity index (χ3n) is 3.37. The van der Waals surface area contributed by atoms with Crippen molar-refractivity contribution in [3.05, 3.63) is 48.3 Å². The van der Waals surface area contributed by atoms with Gasteiger partial charge in [0, 0.05) is 18.3 Å². The van der Waals surface area contributed by atoms with E-state index in [-0.39, 0.29) is 11.8 Å². The summed E-state index contributed by atoms with van der Waals surface area (Å²) in [7, 11) is 0. The molecule has 0 unspecified atom stereocenters. The molecule has 1 atom stereocenters. The van der Waals surface area contributed by atoms with Crippen LogP contribution in [0.15, 0.2) is 42.7 Å². The van der Waals surface area contributed by atoms with Gasteiger partial charge in [-0.15, -0.1) is 0 Å². The van der Waals surface area contributed by atoms with Crippen LogP contribution in [0.5, 0.6) is 0 Å². The number of aromatic nitrogens is 2. The van der Waals surface area contributed by atoms with Gasteiger partial charge in [-0.1, -0.05) is 32.0 Å². The van der Waals surface area contributed by atoms with Gasteiger partial charge in [0.05, 0.1) is 11.9 Å². The second kappa shape index (κ2) is 7.44. The second-order valence-corrected chi connectivity index (χ2v) is 5.58. The van der Waals surface area contributed by atoms with Crippen LogP contribution in [0.1, 0.15) is 19.4 Å². The highest BCUT2D eigenvalue weighted by molar-refractivity contribution is 5.86. The zero-order valence-corrected chi connectivity index (χ0v) is 13.2. The number of para-hydroxylation sites is 1. The largest absolute Gasteiger partial charge is 0.352 e. The molecule has 0 aliphatic carbocycles. The van der Waals surface area contributed by atoms with Gasteiger partial charge in [-0.3, -0.25) is 4.79 Å². The average molecular weight is 315 g/mol. The van der Waals surface area contributed by atoms with E-state index >= 15 is 0 Å². The lowest BCUT2D eigenvalue weighted by atomic mass is 10.0. The van der Waals surface area contributed by atoms with E-state index in [1.807, 2.05) is 50.4 Å². The Kier molecular flexibility index (Phi) is 5.35. The maximum Gasteiger partial charge on any atom is 0.312 e. The second-order valence-electron chi connectivity index (χ2n) is 5.58. The molecule has 7 nitrogen and oxygen atoms in total. The molecule has 1 heterocycles. The molecule has 0 radical (unpaired) electrons. The summed E-state index contributed by atoms with van der Waals surface area (Å²) in [5.74, 6) is -0.333. The Morgan fingerprint density at radius 2 is 1.96 bits per heavy atom. The lowest BCUT2D eigenvalue weighted by Gasteiger charge is -2.20. The summed E-state index contributed by atoms with van der Waals surface area (Å²) in [4.78, 5) is 23.1. The number of benzene rings is 1. The molecule has 3 amide bonds. The molecule has 122 valence electrons. The molecule has 7 heteroatoms. The van der Waals surface area contributed by atoms with E-state index in [0.29, 0.717) is 6.54 Å². The summed E-state index contributed by atoms with van der Waals surface area (Å²) in [6.07, 6.45) is 3.54. The average Bonchev–Trinajstić information content (AvgIpc) is 2.99. The van der Waals surface area contributed by atoms with Gasteiger partial charge in [-0.05, 0) is 18.1 Å². The fourth-order valence-electron chi connectivity index (χ4n) is 2.16. The summed E-state index contributed by atoms with van der Waals surface area (Å²) in [5, 5.41) is 9.51. The molecule has 0 saturated carbocycles. The van der Waals surface area contributed by atoms with E-state index in [9.17, 15) is 9.59 Å². The molecule has 23 heavy (non-hydrogen) atoms. The molecule has 0 spiro atoms. The van der Waals surface area contributed by atoms with Crippen LogP contribution in [0.2, 0.25) is 0 Å². The Hall–Kier alpha value is -2.83. The van der Waals surface area contributed by atoms with Gasteiger partial charge in [0.15, 0.2) is 0 Å². The van der Waals surface area contributed by atoms with E-state index in [1.54, 1.807) is 10.9 Å². The fourth-order valence-corrected chi connectivity index (χ4v) is 2.16. The normalized spacial score (nSPS) is 12.0. The zero-order chi connectivity index (χ0) is 16.8. The molecule has 0 aliphatic heterocycles. The van der Waals surface area contributed by atoms with Crippen molar-refractivity contribution in [3.63, 3.8) is 0 Å². The van der Waals surface area contributed by atoms with Crippen LogP contribution in [-0.2, 0) is 11.3 Å². The van der Waals surface area contributed by atoms with E-state index in [4.69, 9.17) is 5.73 Å². The highest BCUT2D eigenvalue weighted by atomic mass is 16.2. The highest BCUT2D eigenvalue weighted by Gasteiger charge is 2.23. The molecule has 2 rings (SSSR count).